The molecule has 0 radical (unpaired) electrons. The largest absolute Gasteiger partial charge is 0.465 e. The lowest BCUT2D eigenvalue weighted by molar-refractivity contribution is -0.151. The summed E-state index contributed by atoms with van der Waals surface area (Å²) in [5, 5.41) is 3.23. The van der Waals surface area contributed by atoms with Crippen molar-refractivity contribution in [2.24, 2.45) is 5.92 Å². The van der Waals surface area contributed by atoms with E-state index in [1.165, 1.54) is 12.8 Å². The number of esters is 1. The lowest BCUT2D eigenvalue weighted by Gasteiger charge is -2.28. The van der Waals surface area contributed by atoms with Crippen molar-refractivity contribution in [2.75, 3.05) is 26.4 Å². The summed E-state index contributed by atoms with van der Waals surface area (Å²) in [6, 6.07) is 0. The van der Waals surface area contributed by atoms with E-state index in [-0.39, 0.29) is 5.97 Å². The Kier molecular flexibility index (Phi) is 10.8. The van der Waals surface area contributed by atoms with Crippen LogP contribution in [0.5, 0.6) is 0 Å². The summed E-state index contributed by atoms with van der Waals surface area (Å²) >= 11 is 0. The Morgan fingerprint density at radius 2 is 2.00 bits per heavy atom. The van der Waals surface area contributed by atoms with Crippen LogP contribution < -0.4 is 5.32 Å². The lowest BCUT2D eigenvalue weighted by Crippen LogP contribution is -2.50. The molecule has 0 heterocycles. The molecule has 0 aliphatic heterocycles. The molecular weight excluding hydrogens is 254 g/mol. The van der Waals surface area contributed by atoms with Crippen molar-refractivity contribution in [3.63, 3.8) is 0 Å². The fourth-order valence-electron chi connectivity index (χ4n) is 2.33. The number of nitrogens with one attached hydrogen (secondary N) is 1. The highest BCUT2D eigenvalue weighted by molar-refractivity contribution is 5.80. The Hall–Kier alpha value is -0.610. The zero-order chi connectivity index (χ0) is 15.4. The summed E-state index contributed by atoms with van der Waals surface area (Å²) in [5.74, 6) is 0.450. The number of hydrogen-bond acceptors (Lipinski definition) is 4. The quantitative estimate of drug-likeness (QED) is 0.442. The Labute approximate surface area is 124 Å². The van der Waals surface area contributed by atoms with Crippen LogP contribution in [-0.2, 0) is 14.3 Å². The third-order valence-corrected chi connectivity index (χ3v) is 3.44. The van der Waals surface area contributed by atoms with Crippen LogP contribution in [0.2, 0.25) is 0 Å². The molecule has 0 rings (SSSR count). The maximum absolute atomic E-state index is 12.0. The number of carbonyl (C=O) groups is 1. The Morgan fingerprint density at radius 1 is 1.30 bits per heavy atom. The molecule has 0 bridgehead atoms. The smallest absolute Gasteiger partial charge is 0.326 e. The predicted octanol–water partition coefficient (Wildman–Crippen LogP) is 3.15. The van der Waals surface area contributed by atoms with Gasteiger partial charge in [0.25, 0.3) is 0 Å². The first-order valence-electron chi connectivity index (χ1n) is 8.00. The third-order valence-electron chi connectivity index (χ3n) is 3.44. The van der Waals surface area contributed by atoms with Crippen LogP contribution in [0.25, 0.3) is 0 Å². The van der Waals surface area contributed by atoms with Crippen molar-refractivity contribution in [3.8, 4) is 0 Å². The van der Waals surface area contributed by atoms with Crippen molar-refractivity contribution in [2.45, 2.75) is 65.8 Å². The standard InChI is InChI=1S/C16H33NO3/c1-6-10-14(4)13-19-12-9-11-16(5,17-7-2)15(18)20-8-3/h14,17H,6-13H2,1-5H3. The van der Waals surface area contributed by atoms with Crippen molar-refractivity contribution in [1.82, 2.24) is 5.32 Å². The Morgan fingerprint density at radius 3 is 2.55 bits per heavy atom. The van der Waals surface area contributed by atoms with Crippen LogP contribution in [0, 0.1) is 5.92 Å². The molecule has 0 aliphatic carbocycles. The van der Waals surface area contributed by atoms with Gasteiger partial charge >= 0.3 is 5.97 Å². The molecule has 0 fully saturated rings. The van der Waals surface area contributed by atoms with E-state index in [0.717, 1.165) is 26.0 Å². The van der Waals surface area contributed by atoms with Gasteiger partial charge in [-0.25, -0.2) is 0 Å². The van der Waals surface area contributed by atoms with Crippen LogP contribution in [0.15, 0.2) is 0 Å². The van der Waals surface area contributed by atoms with Crippen molar-refractivity contribution < 1.29 is 14.3 Å². The highest BCUT2D eigenvalue weighted by atomic mass is 16.5. The minimum atomic E-state index is -0.594. The molecule has 2 unspecified atom stereocenters. The lowest BCUT2D eigenvalue weighted by atomic mass is 9.96. The molecule has 0 aromatic rings. The summed E-state index contributed by atoms with van der Waals surface area (Å²) in [4.78, 5) is 12.0. The molecule has 4 heteroatoms. The van der Waals surface area contributed by atoms with Crippen LogP contribution >= 0.6 is 0 Å². The first kappa shape index (κ1) is 19.4. The summed E-state index contributed by atoms with van der Waals surface area (Å²) in [5.41, 5.74) is -0.594. The van der Waals surface area contributed by atoms with E-state index in [0.29, 0.717) is 19.1 Å². The van der Waals surface area contributed by atoms with Gasteiger partial charge in [0.15, 0.2) is 0 Å². The zero-order valence-corrected chi connectivity index (χ0v) is 14.0. The molecule has 0 spiro atoms. The van der Waals surface area contributed by atoms with Gasteiger partial charge in [0.2, 0.25) is 0 Å². The normalized spacial score (nSPS) is 15.7. The van der Waals surface area contributed by atoms with Crippen LogP contribution in [0.3, 0.4) is 0 Å². The van der Waals surface area contributed by atoms with E-state index in [1.807, 2.05) is 20.8 Å². The second-order valence-corrected chi connectivity index (χ2v) is 5.66. The molecule has 2 atom stereocenters. The number of rotatable bonds is 12. The van der Waals surface area contributed by atoms with E-state index in [9.17, 15) is 4.79 Å². The van der Waals surface area contributed by atoms with Gasteiger partial charge in [0.1, 0.15) is 5.54 Å². The topological polar surface area (TPSA) is 47.6 Å². The number of carbonyl (C=O) groups excluding carboxylic acids is 1. The van der Waals surface area contributed by atoms with Crippen molar-refractivity contribution >= 4 is 5.97 Å². The molecule has 0 amide bonds. The second-order valence-electron chi connectivity index (χ2n) is 5.66. The SMILES string of the molecule is CCCC(C)COCCCC(C)(NCC)C(=O)OCC. The Bertz CT molecular complexity index is 258. The summed E-state index contributed by atoms with van der Waals surface area (Å²) in [6.45, 7) is 12.8. The molecule has 0 aromatic carbocycles. The van der Waals surface area contributed by atoms with E-state index >= 15 is 0 Å². The predicted molar refractivity (Wildman–Crippen MR) is 82.8 cm³/mol. The van der Waals surface area contributed by atoms with Gasteiger partial charge in [-0.15, -0.1) is 0 Å². The first-order chi connectivity index (χ1) is 9.50. The highest BCUT2D eigenvalue weighted by Gasteiger charge is 2.33. The number of ether oxygens (including phenoxy) is 2. The molecular formula is C16H33NO3. The fraction of sp³-hybridized carbons (Fsp3) is 0.938. The van der Waals surface area contributed by atoms with Gasteiger partial charge in [-0.1, -0.05) is 27.2 Å². The van der Waals surface area contributed by atoms with Crippen LogP contribution in [-0.4, -0.2) is 37.9 Å². The molecule has 1 N–H and O–H groups in total. The average Bonchev–Trinajstić information content (AvgIpc) is 2.39. The highest BCUT2D eigenvalue weighted by Crippen LogP contribution is 2.15. The van der Waals surface area contributed by atoms with E-state index < -0.39 is 5.54 Å². The zero-order valence-electron chi connectivity index (χ0n) is 14.0. The molecule has 120 valence electrons. The van der Waals surface area contributed by atoms with Gasteiger partial charge in [-0.05, 0) is 45.6 Å². The summed E-state index contributed by atoms with van der Waals surface area (Å²) in [6.07, 6.45) is 4.01. The molecule has 20 heavy (non-hydrogen) atoms. The van der Waals surface area contributed by atoms with Gasteiger partial charge in [0, 0.05) is 13.2 Å². The maximum atomic E-state index is 12.0. The molecule has 0 saturated heterocycles. The van der Waals surface area contributed by atoms with Gasteiger partial charge < -0.3 is 14.8 Å². The maximum Gasteiger partial charge on any atom is 0.326 e. The average molecular weight is 287 g/mol. The van der Waals surface area contributed by atoms with Crippen molar-refractivity contribution in [3.05, 3.63) is 0 Å². The fourth-order valence-corrected chi connectivity index (χ4v) is 2.33. The molecule has 0 saturated carbocycles. The molecule has 0 aromatic heterocycles. The summed E-state index contributed by atoms with van der Waals surface area (Å²) < 4.78 is 10.8. The number of likely N-dealkylation sites (N-methyl/N-ethyl adjacent to an activating group) is 1. The van der Waals surface area contributed by atoms with Crippen LogP contribution in [0.4, 0.5) is 0 Å². The molecule has 0 aliphatic rings. The minimum Gasteiger partial charge on any atom is -0.465 e. The minimum absolute atomic E-state index is 0.166. The van der Waals surface area contributed by atoms with Crippen molar-refractivity contribution in [1.29, 1.82) is 0 Å². The van der Waals surface area contributed by atoms with E-state index in [1.54, 1.807) is 0 Å². The van der Waals surface area contributed by atoms with Gasteiger partial charge in [-0.3, -0.25) is 4.79 Å². The van der Waals surface area contributed by atoms with Gasteiger partial charge in [-0.2, -0.15) is 0 Å². The van der Waals surface area contributed by atoms with E-state index in [4.69, 9.17) is 9.47 Å². The van der Waals surface area contributed by atoms with E-state index in [2.05, 4.69) is 19.2 Å². The monoisotopic (exact) mass is 287 g/mol. The van der Waals surface area contributed by atoms with Gasteiger partial charge in [0.05, 0.1) is 6.61 Å². The third kappa shape index (κ3) is 7.85. The molecule has 4 nitrogen and oxygen atoms in total. The second kappa shape index (κ2) is 11.1. The summed E-state index contributed by atoms with van der Waals surface area (Å²) in [7, 11) is 0. The Balaban J connectivity index is 4.00. The number of hydrogen-bond donors (Lipinski definition) is 1. The first-order valence-corrected chi connectivity index (χ1v) is 8.00. The van der Waals surface area contributed by atoms with Crippen LogP contribution in [0.1, 0.15) is 60.3 Å².